The number of halogens is 1. The summed E-state index contributed by atoms with van der Waals surface area (Å²) in [5, 5.41) is 3.10. The number of carbonyl (C=O) groups is 2. The lowest BCUT2D eigenvalue weighted by Gasteiger charge is -2.29. The zero-order chi connectivity index (χ0) is 18.5. The fourth-order valence-corrected chi connectivity index (χ4v) is 2.81. The summed E-state index contributed by atoms with van der Waals surface area (Å²) < 4.78 is 10.2. The zero-order valence-corrected chi connectivity index (χ0v) is 15.0. The molecular weight excluding hydrogens is 358 g/mol. The van der Waals surface area contributed by atoms with E-state index in [1.807, 2.05) is 6.07 Å². The lowest BCUT2D eigenvalue weighted by Crippen LogP contribution is -2.36. The third kappa shape index (κ3) is 4.12. The maximum Gasteiger partial charge on any atom is 0.340 e. The SMILES string of the molecule is COC(=O)c1cc(N2CCOCC2)ccc1NC(=O)c1cc(Cl)ccn1. The lowest BCUT2D eigenvalue weighted by molar-refractivity contribution is 0.0602. The molecule has 3 rings (SSSR count). The van der Waals surface area contributed by atoms with Gasteiger partial charge in [0.05, 0.1) is 31.6 Å². The second-order valence-corrected chi connectivity index (χ2v) is 6.07. The van der Waals surface area contributed by atoms with Gasteiger partial charge in [0.2, 0.25) is 0 Å². The average molecular weight is 376 g/mol. The summed E-state index contributed by atoms with van der Waals surface area (Å²) in [5.74, 6) is -0.994. The Labute approximate surface area is 155 Å². The minimum atomic E-state index is -0.533. The number of ether oxygens (including phenoxy) is 2. The van der Waals surface area contributed by atoms with Crippen LogP contribution in [0.1, 0.15) is 20.8 Å². The fraction of sp³-hybridized carbons (Fsp3) is 0.278. The first-order valence-corrected chi connectivity index (χ1v) is 8.44. The summed E-state index contributed by atoms with van der Waals surface area (Å²) in [7, 11) is 1.30. The summed E-state index contributed by atoms with van der Waals surface area (Å²) in [6.07, 6.45) is 1.44. The first-order chi connectivity index (χ1) is 12.6. The quantitative estimate of drug-likeness (QED) is 0.827. The van der Waals surface area contributed by atoms with Crippen LogP contribution in [0.2, 0.25) is 5.02 Å². The van der Waals surface area contributed by atoms with Crippen LogP contribution in [0.25, 0.3) is 0 Å². The Morgan fingerprint density at radius 3 is 2.69 bits per heavy atom. The van der Waals surface area contributed by atoms with E-state index in [0.717, 1.165) is 18.8 Å². The van der Waals surface area contributed by atoms with Crippen molar-refractivity contribution in [3.63, 3.8) is 0 Å². The highest BCUT2D eigenvalue weighted by molar-refractivity contribution is 6.31. The maximum absolute atomic E-state index is 12.4. The number of benzene rings is 1. The lowest BCUT2D eigenvalue weighted by atomic mass is 10.1. The number of carbonyl (C=O) groups excluding carboxylic acids is 2. The van der Waals surface area contributed by atoms with Gasteiger partial charge in [-0.15, -0.1) is 0 Å². The van der Waals surface area contributed by atoms with Gasteiger partial charge in [-0.05, 0) is 30.3 Å². The molecule has 1 saturated heterocycles. The van der Waals surface area contributed by atoms with E-state index in [4.69, 9.17) is 21.1 Å². The van der Waals surface area contributed by atoms with Gasteiger partial charge >= 0.3 is 5.97 Å². The predicted octanol–water partition coefficient (Wildman–Crippen LogP) is 2.61. The summed E-state index contributed by atoms with van der Waals surface area (Å²) in [5.41, 5.74) is 1.64. The Balaban J connectivity index is 1.88. The molecule has 2 heterocycles. The molecule has 0 atom stereocenters. The largest absolute Gasteiger partial charge is 0.465 e. The number of hydrogen-bond acceptors (Lipinski definition) is 6. The number of amides is 1. The van der Waals surface area contributed by atoms with Crippen LogP contribution in [0.4, 0.5) is 11.4 Å². The Bertz CT molecular complexity index is 822. The van der Waals surface area contributed by atoms with Crippen molar-refractivity contribution in [3.05, 3.63) is 52.8 Å². The van der Waals surface area contributed by atoms with Crippen LogP contribution in [0.5, 0.6) is 0 Å². The van der Waals surface area contributed by atoms with Gasteiger partial charge < -0.3 is 19.7 Å². The van der Waals surface area contributed by atoms with E-state index >= 15 is 0 Å². The number of rotatable bonds is 4. The number of esters is 1. The molecular formula is C18H18ClN3O4. The van der Waals surface area contributed by atoms with E-state index in [1.54, 1.807) is 18.2 Å². The number of nitrogens with one attached hydrogen (secondary N) is 1. The fourth-order valence-electron chi connectivity index (χ4n) is 2.65. The van der Waals surface area contributed by atoms with E-state index in [0.29, 0.717) is 23.9 Å². The molecule has 1 aliphatic rings. The summed E-state index contributed by atoms with van der Waals surface area (Å²) >= 11 is 5.89. The molecule has 1 fully saturated rings. The Morgan fingerprint density at radius 2 is 2.00 bits per heavy atom. The maximum atomic E-state index is 12.4. The van der Waals surface area contributed by atoms with Crippen LogP contribution < -0.4 is 10.2 Å². The zero-order valence-electron chi connectivity index (χ0n) is 14.2. The number of methoxy groups -OCH3 is 1. The number of morpholine rings is 1. The number of nitrogens with zero attached hydrogens (tertiary/aromatic N) is 2. The predicted molar refractivity (Wildman–Crippen MR) is 98.0 cm³/mol. The minimum absolute atomic E-state index is 0.158. The molecule has 8 heteroatoms. The van der Waals surface area contributed by atoms with Crippen LogP contribution in [0.15, 0.2) is 36.5 Å². The summed E-state index contributed by atoms with van der Waals surface area (Å²) in [6, 6.07) is 8.27. The monoisotopic (exact) mass is 375 g/mol. The van der Waals surface area contributed by atoms with Gasteiger partial charge in [-0.2, -0.15) is 0 Å². The first kappa shape index (κ1) is 18.2. The Kier molecular flexibility index (Phi) is 5.70. The Hall–Kier alpha value is -2.64. The second-order valence-electron chi connectivity index (χ2n) is 5.63. The third-order valence-electron chi connectivity index (χ3n) is 3.99. The van der Waals surface area contributed by atoms with Gasteiger partial charge in [-0.1, -0.05) is 11.6 Å². The minimum Gasteiger partial charge on any atom is -0.465 e. The standard InChI is InChI=1S/C18H18ClN3O4/c1-25-18(24)14-11-13(22-6-8-26-9-7-22)2-3-15(14)21-17(23)16-10-12(19)4-5-20-16/h2-5,10-11H,6-9H2,1H3,(H,21,23). The molecule has 0 spiro atoms. The number of anilines is 2. The normalized spacial score (nSPS) is 14.0. The van der Waals surface area contributed by atoms with Crippen molar-refractivity contribution in [2.24, 2.45) is 0 Å². The van der Waals surface area contributed by atoms with Crippen molar-refractivity contribution in [2.45, 2.75) is 0 Å². The van der Waals surface area contributed by atoms with Crippen molar-refractivity contribution in [1.29, 1.82) is 0 Å². The molecule has 0 unspecified atom stereocenters. The van der Waals surface area contributed by atoms with Crippen molar-refractivity contribution >= 4 is 34.9 Å². The molecule has 0 radical (unpaired) electrons. The van der Waals surface area contributed by atoms with Crippen molar-refractivity contribution in [3.8, 4) is 0 Å². The Morgan fingerprint density at radius 1 is 1.23 bits per heavy atom. The van der Waals surface area contributed by atoms with Crippen molar-refractivity contribution in [1.82, 2.24) is 4.98 Å². The second kappa shape index (κ2) is 8.16. The molecule has 0 aliphatic carbocycles. The van der Waals surface area contributed by atoms with Crippen LogP contribution in [0, 0.1) is 0 Å². The molecule has 0 bridgehead atoms. The molecule has 1 aromatic carbocycles. The molecule has 26 heavy (non-hydrogen) atoms. The first-order valence-electron chi connectivity index (χ1n) is 8.06. The van der Waals surface area contributed by atoms with Gasteiger partial charge in [0, 0.05) is 30.0 Å². The molecule has 136 valence electrons. The van der Waals surface area contributed by atoms with E-state index in [9.17, 15) is 9.59 Å². The molecule has 1 N–H and O–H groups in total. The number of hydrogen-bond donors (Lipinski definition) is 1. The van der Waals surface area contributed by atoms with Gasteiger partial charge in [0.25, 0.3) is 5.91 Å². The summed E-state index contributed by atoms with van der Waals surface area (Å²) in [4.78, 5) is 30.7. The average Bonchev–Trinajstić information content (AvgIpc) is 2.68. The van der Waals surface area contributed by atoms with E-state index in [-0.39, 0.29) is 11.3 Å². The van der Waals surface area contributed by atoms with E-state index < -0.39 is 11.9 Å². The summed E-state index contributed by atoms with van der Waals surface area (Å²) in [6.45, 7) is 2.73. The highest BCUT2D eigenvalue weighted by Crippen LogP contribution is 2.25. The van der Waals surface area contributed by atoms with Gasteiger partial charge in [-0.3, -0.25) is 9.78 Å². The van der Waals surface area contributed by atoms with E-state index in [2.05, 4.69) is 15.2 Å². The molecule has 0 saturated carbocycles. The van der Waals surface area contributed by atoms with Crippen LogP contribution in [-0.2, 0) is 9.47 Å². The molecule has 1 amide bonds. The van der Waals surface area contributed by atoms with Gasteiger partial charge in [0.15, 0.2) is 0 Å². The van der Waals surface area contributed by atoms with E-state index in [1.165, 1.54) is 19.4 Å². The molecule has 1 aromatic heterocycles. The van der Waals surface area contributed by atoms with Gasteiger partial charge in [0.1, 0.15) is 5.69 Å². The van der Waals surface area contributed by atoms with Gasteiger partial charge in [-0.25, -0.2) is 4.79 Å². The van der Waals surface area contributed by atoms with Crippen LogP contribution in [0.3, 0.4) is 0 Å². The molecule has 1 aliphatic heterocycles. The molecule has 7 nitrogen and oxygen atoms in total. The smallest absolute Gasteiger partial charge is 0.340 e. The van der Waals surface area contributed by atoms with Crippen LogP contribution >= 0.6 is 11.6 Å². The number of aromatic nitrogens is 1. The molecule has 2 aromatic rings. The number of pyridine rings is 1. The van der Waals surface area contributed by atoms with Crippen molar-refractivity contribution < 1.29 is 19.1 Å². The third-order valence-corrected chi connectivity index (χ3v) is 4.22. The topological polar surface area (TPSA) is 80.8 Å². The van der Waals surface area contributed by atoms with Crippen molar-refractivity contribution in [2.75, 3.05) is 43.6 Å². The van der Waals surface area contributed by atoms with Crippen LogP contribution in [-0.4, -0.2) is 50.3 Å². The highest BCUT2D eigenvalue weighted by Gasteiger charge is 2.19. The highest BCUT2D eigenvalue weighted by atomic mass is 35.5.